The van der Waals surface area contributed by atoms with E-state index >= 15 is 0 Å². The Morgan fingerprint density at radius 1 is 0.632 bits per heavy atom. The van der Waals surface area contributed by atoms with Gasteiger partial charge in [0.05, 0.1) is 33.3 Å². The van der Waals surface area contributed by atoms with Crippen LogP contribution in [0.1, 0.15) is 25.2 Å². The minimum Gasteiger partial charge on any atom is -0.295 e. The Hall–Kier alpha value is -4.83. The molecule has 0 bridgehead atoms. The topological polar surface area (TPSA) is 43.6 Å². The molecule has 4 heteroatoms. The molecule has 0 radical (unpaired) electrons. The summed E-state index contributed by atoms with van der Waals surface area (Å²) in [5.74, 6) is 1.78. The van der Waals surface area contributed by atoms with E-state index in [0.717, 1.165) is 50.0 Å². The number of para-hydroxylation sites is 1. The van der Waals surface area contributed by atoms with Crippen molar-refractivity contribution in [3.8, 4) is 28.3 Å². The van der Waals surface area contributed by atoms with Crippen LogP contribution < -0.4 is 0 Å². The molecule has 0 unspecified atom stereocenters. The summed E-state index contributed by atoms with van der Waals surface area (Å²) in [4.78, 5) is 15.4. The summed E-state index contributed by atoms with van der Waals surface area (Å²) in [6.07, 6.45) is 0. The molecule has 0 N–H and O–H groups in total. The van der Waals surface area contributed by atoms with E-state index in [0.29, 0.717) is 5.82 Å². The predicted octanol–water partition coefficient (Wildman–Crippen LogP) is 8.10. The van der Waals surface area contributed by atoms with Gasteiger partial charge in [-0.05, 0) is 55.1 Å². The molecule has 5 aromatic carbocycles. The molecule has 4 nitrogen and oxygen atoms in total. The van der Waals surface area contributed by atoms with E-state index in [9.17, 15) is 0 Å². The van der Waals surface area contributed by atoms with Crippen molar-refractivity contribution < 1.29 is 0 Å². The highest BCUT2D eigenvalue weighted by Crippen LogP contribution is 2.44. The molecule has 8 rings (SSSR count). The zero-order valence-electron chi connectivity index (χ0n) is 21.2. The summed E-state index contributed by atoms with van der Waals surface area (Å²) in [5.41, 5.74) is 8.39. The van der Waals surface area contributed by atoms with Crippen LogP contribution in [0.15, 0.2) is 109 Å². The van der Waals surface area contributed by atoms with Gasteiger partial charge in [-0.2, -0.15) is 0 Å². The Morgan fingerprint density at radius 3 is 2.32 bits per heavy atom. The molecule has 2 aromatic heterocycles. The summed E-state index contributed by atoms with van der Waals surface area (Å²) < 4.78 is 2.30. The normalized spacial score (nSPS) is 13.7. The molecule has 0 amide bonds. The third-order valence-corrected chi connectivity index (χ3v) is 7.93. The van der Waals surface area contributed by atoms with Gasteiger partial charge >= 0.3 is 0 Å². The van der Waals surface area contributed by atoms with Gasteiger partial charge in [-0.15, -0.1) is 0 Å². The fourth-order valence-corrected chi connectivity index (χ4v) is 6.01. The van der Waals surface area contributed by atoms with E-state index in [2.05, 4.69) is 122 Å². The van der Waals surface area contributed by atoms with Crippen molar-refractivity contribution in [1.82, 2.24) is 19.5 Å². The minimum atomic E-state index is -0.158. The van der Waals surface area contributed by atoms with E-state index in [1.165, 1.54) is 16.6 Å². The van der Waals surface area contributed by atoms with E-state index in [1.54, 1.807) is 0 Å². The van der Waals surface area contributed by atoms with E-state index in [-0.39, 0.29) is 5.41 Å². The zero-order valence-corrected chi connectivity index (χ0v) is 21.2. The number of imidazole rings is 1. The number of benzene rings is 5. The highest BCUT2D eigenvalue weighted by molar-refractivity contribution is 6.09. The van der Waals surface area contributed by atoms with Crippen molar-refractivity contribution in [1.29, 1.82) is 0 Å². The lowest BCUT2D eigenvalue weighted by atomic mass is 9.86. The zero-order chi connectivity index (χ0) is 25.4. The molecule has 0 saturated heterocycles. The molecule has 180 valence electrons. The second kappa shape index (κ2) is 7.59. The van der Waals surface area contributed by atoms with Crippen LogP contribution >= 0.6 is 0 Å². The average molecular weight is 489 g/mol. The number of rotatable bonds is 2. The number of hydrogen-bond donors (Lipinski definition) is 0. The highest BCUT2D eigenvalue weighted by Gasteiger charge is 2.38. The number of fused-ring (bicyclic) bond motifs is 8. The monoisotopic (exact) mass is 488 g/mol. The summed E-state index contributed by atoms with van der Waals surface area (Å²) in [5, 5.41) is 3.36. The van der Waals surface area contributed by atoms with Crippen LogP contribution in [0.5, 0.6) is 0 Å². The molecule has 0 atom stereocenters. The standard InChI is InChI=1S/C34H24N4/c1-34(2)26-14-8-9-15-28(26)38-29-19-17-23(20-27(29)35-33(34)38)32-36-30(22-11-4-3-5-12-22)25-18-16-21-10-6-7-13-24(21)31(25)37-32/h3-20H,1-2H3. The molecule has 0 spiro atoms. The summed E-state index contributed by atoms with van der Waals surface area (Å²) in [6.45, 7) is 4.50. The maximum Gasteiger partial charge on any atom is 0.160 e. The maximum atomic E-state index is 5.15. The van der Waals surface area contributed by atoms with Crippen LogP contribution in [-0.4, -0.2) is 19.5 Å². The molecule has 0 aliphatic carbocycles. The lowest BCUT2D eigenvalue weighted by molar-refractivity contribution is 0.621. The lowest BCUT2D eigenvalue weighted by Gasteiger charge is -2.17. The fourth-order valence-electron chi connectivity index (χ4n) is 6.01. The molecule has 1 aliphatic heterocycles. The van der Waals surface area contributed by atoms with Gasteiger partial charge in [-0.3, -0.25) is 4.57 Å². The number of nitrogens with zero attached hydrogens (tertiary/aromatic N) is 4. The second-order valence-corrected chi connectivity index (χ2v) is 10.6. The van der Waals surface area contributed by atoms with Crippen molar-refractivity contribution >= 4 is 32.7 Å². The van der Waals surface area contributed by atoms with E-state index in [1.807, 2.05) is 6.07 Å². The molecular formula is C34H24N4. The number of hydrogen-bond acceptors (Lipinski definition) is 3. The average Bonchev–Trinajstić information content (AvgIpc) is 3.46. The first-order valence-corrected chi connectivity index (χ1v) is 13.0. The molecule has 0 saturated carbocycles. The van der Waals surface area contributed by atoms with Crippen LogP contribution in [0.3, 0.4) is 0 Å². The van der Waals surface area contributed by atoms with Crippen LogP contribution in [0.25, 0.3) is 61.0 Å². The van der Waals surface area contributed by atoms with Crippen molar-refractivity contribution in [3.63, 3.8) is 0 Å². The first-order valence-electron chi connectivity index (χ1n) is 13.0. The second-order valence-electron chi connectivity index (χ2n) is 10.6. The molecular weight excluding hydrogens is 464 g/mol. The van der Waals surface area contributed by atoms with Gasteiger partial charge < -0.3 is 0 Å². The fraction of sp³-hybridized carbons (Fsp3) is 0.0882. The van der Waals surface area contributed by atoms with E-state index < -0.39 is 0 Å². The molecule has 7 aromatic rings. The minimum absolute atomic E-state index is 0.158. The maximum absolute atomic E-state index is 5.15. The quantitative estimate of drug-likeness (QED) is 0.231. The molecule has 38 heavy (non-hydrogen) atoms. The summed E-state index contributed by atoms with van der Waals surface area (Å²) >= 11 is 0. The van der Waals surface area contributed by atoms with Crippen LogP contribution in [0, 0.1) is 0 Å². The van der Waals surface area contributed by atoms with Gasteiger partial charge in [0.1, 0.15) is 5.82 Å². The SMILES string of the molecule is CC1(C)c2ccccc2-n2c1nc1cc(-c3nc(-c4ccccc4)c4ccc5ccccc5c4n3)ccc12. The molecule has 0 fully saturated rings. The molecule has 3 heterocycles. The largest absolute Gasteiger partial charge is 0.295 e. The van der Waals surface area contributed by atoms with Crippen LogP contribution in [0.2, 0.25) is 0 Å². The van der Waals surface area contributed by atoms with Crippen LogP contribution in [-0.2, 0) is 5.41 Å². The summed E-state index contributed by atoms with van der Waals surface area (Å²) in [7, 11) is 0. The van der Waals surface area contributed by atoms with Gasteiger partial charge in [0.25, 0.3) is 0 Å². The van der Waals surface area contributed by atoms with Gasteiger partial charge in [-0.25, -0.2) is 15.0 Å². The van der Waals surface area contributed by atoms with Crippen molar-refractivity contribution in [2.24, 2.45) is 0 Å². The van der Waals surface area contributed by atoms with Gasteiger partial charge in [0, 0.05) is 21.9 Å². The Bertz CT molecular complexity index is 2050. The summed E-state index contributed by atoms with van der Waals surface area (Å²) in [6, 6.07) is 38.2. The van der Waals surface area contributed by atoms with Gasteiger partial charge in [-0.1, -0.05) is 78.9 Å². The van der Waals surface area contributed by atoms with E-state index in [4.69, 9.17) is 15.0 Å². The van der Waals surface area contributed by atoms with Crippen molar-refractivity contribution in [3.05, 3.63) is 121 Å². The van der Waals surface area contributed by atoms with Gasteiger partial charge in [0.15, 0.2) is 5.82 Å². The van der Waals surface area contributed by atoms with Gasteiger partial charge in [0.2, 0.25) is 0 Å². The Kier molecular flexibility index (Phi) is 4.25. The Labute approximate surface area is 220 Å². The number of aromatic nitrogens is 4. The van der Waals surface area contributed by atoms with Crippen molar-refractivity contribution in [2.75, 3.05) is 0 Å². The first kappa shape index (κ1) is 21.3. The molecule has 1 aliphatic rings. The predicted molar refractivity (Wildman–Crippen MR) is 155 cm³/mol. The third-order valence-electron chi connectivity index (χ3n) is 7.93. The first-order chi connectivity index (χ1) is 18.6. The lowest BCUT2D eigenvalue weighted by Crippen LogP contribution is -2.16. The third kappa shape index (κ3) is 2.88. The van der Waals surface area contributed by atoms with Crippen molar-refractivity contribution in [2.45, 2.75) is 19.3 Å². The highest BCUT2D eigenvalue weighted by atomic mass is 15.1. The van der Waals surface area contributed by atoms with Crippen LogP contribution in [0.4, 0.5) is 0 Å². The Morgan fingerprint density at radius 2 is 1.42 bits per heavy atom. The Balaban J connectivity index is 1.39. The smallest absolute Gasteiger partial charge is 0.160 e.